The van der Waals surface area contributed by atoms with Crippen molar-refractivity contribution in [2.75, 3.05) is 0 Å². The Hall–Kier alpha value is -2.65. The lowest BCUT2D eigenvalue weighted by Crippen LogP contribution is -2.58. The fraction of sp³-hybridized carbons (Fsp3) is 0.304. The second kappa shape index (κ2) is 6.95. The van der Waals surface area contributed by atoms with Crippen molar-refractivity contribution in [1.29, 1.82) is 0 Å². The van der Waals surface area contributed by atoms with Gasteiger partial charge in [0.2, 0.25) is 0 Å². The summed E-state index contributed by atoms with van der Waals surface area (Å²) in [6.45, 7) is 14.4. The Kier molecular flexibility index (Phi) is 4.78. The summed E-state index contributed by atoms with van der Waals surface area (Å²) in [7, 11) is -3.31. The zero-order valence-corrected chi connectivity index (χ0v) is 20.4. The minimum absolute atomic E-state index is 0.0867. The van der Waals surface area contributed by atoms with Crippen molar-refractivity contribution in [2.24, 2.45) is 0 Å². The third-order valence-corrected chi connectivity index (χ3v) is 9.40. The van der Waals surface area contributed by atoms with Gasteiger partial charge >= 0.3 is 0 Å². The molecule has 0 atom stereocenters. The average molecular weight is 434 g/mol. The molecule has 0 saturated carbocycles. The van der Waals surface area contributed by atoms with Gasteiger partial charge in [-0.1, -0.05) is 74.8 Å². The van der Waals surface area contributed by atoms with Gasteiger partial charge in [-0.15, -0.1) is 5.10 Å². The smallest absolute Gasteiger partial charge is 0.194 e. The lowest BCUT2D eigenvalue weighted by atomic mass is 9.83. The number of aromatic nitrogens is 3. The molecule has 0 unspecified atom stereocenters. The van der Waals surface area contributed by atoms with E-state index in [0.717, 1.165) is 5.56 Å². The maximum Gasteiger partial charge on any atom is 0.194 e. The van der Waals surface area contributed by atoms with Crippen LogP contribution >= 0.6 is 0 Å². The van der Waals surface area contributed by atoms with Crippen molar-refractivity contribution in [1.82, 2.24) is 15.0 Å². The van der Waals surface area contributed by atoms with Gasteiger partial charge in [0.25, 0.3) is 0 Å². The Balaban J connectivity index is 1.76. The van der Waals surface area contributed by atoms with Gasteiger partial charge in [0, 0.05) is 27.6 Å². The van der Waals surface area contributed by atoms with Crippen molar-refractivity contribution in [3.05, 3.63) is 70.3 Å². The van der Waals surface area contributed by atoms with E-state index in [0.29, 0.717) is 28.8 Å². The highest BCUT2D eigenvalue weighted by molar-refractivity contribution is 6.97. The molecule has 7 heteroatoms. The molecule has 0 fully saturated rings. The van der Waals surface area contributed by atoms with E-state index in [-0.39, 0.29) is 11.6 Å². The minimum Gasteiger partial charge on any atom is -0.289 e. The number of fused-ring (bicyclic) bond motifs is 2. The van der Waals surface area contributed by atoms with Gasteiger partial charge in [0.15, 0.2) is 11.6 Å². The second-order valence-electron chi connectivity index (χ2n) is 10.0. The second-order valence-corrected chi connectivity index (χ2v) is 20.0. The van der Waals surface area contributed by atoms with Crippen LogP contribution in [0.3, 0.4) is 0 Å². The molecule has 0 spiro atoms. The Morgan fingerprint density at radius 2 is 1.33 bits per heavy atom. The number of rotatable bonds is 4. The number of nitrogens with zero attached hydrogens (tertiary/aromatic N) is 3. The van der Waals surface area contributed by atoms with Crippen LogP contribution in [0.4, 0.5) is 0 Å². The third-order valence-electron chi connectivity index (χ3n) is 5.48. The molecule has 2 aromatic carbocycles. The van der Waals surface area contributed by atoms with E-state index in [2.05, 4.69) is 49.6 Å². The average Bonchev–Trinajstić information content (AvgIpc) is 3.10. The highest BCUT2D eigenvalue weighted by Crippen LogP contribution is 2.28. The Labute approximate surface area is 179 Å². The van der Waals surface area contributed by atoms with Crippen LogP contribution < -0.4 is 10.6 Å². The van der Waals surface area contributed by atoms with Gasteiger partial charge in [-0.2, -0.15) is 0 Å². The SMILES string of the molecule is C[Si](C)(C)c1nnn(Cc2ccc3c(c2)C(=O)c2ccccc2C3=O)c1[Si](C)(C)C. The molecule has 1 heterocycles. The molecule has 3 aromatic rings. The molecule has 5 nitrogen and oxygen atoms in total. The molecular formula is C23H27N3O2Si2. The summed E-state index contributed by atoms with van der Waals surface area (Å²) in [5, 5.41) is 11.6. The van der Waals surface area contributed by atoms with Crippen LogP contribution in [0.2, 0.25) is 39.3 Å². The highest BCUT2D eigenvalue weighted by Gasteiger charge is 2.34. The van der Waals surface area contributed by atoms with Gasteiger partial charge in [0.1, 0.15) is 16.1 Å². The zero-order chi connectivity index (χ0) is 21.8. The van der Waals surface area contributed by atoms with Gasteiger partial charge in [0.05, 0.1) is 11.9 Å². The van der Waals surface area contributed by atoms with E-state index in [9.17, 15) is 9.59 Å². The minimum atomic E-state index is -1.68. The lowest BCUT2D eigenvalue weighted by molar-refractivity contribution is 0.0979. The quantitative estimate of drug-likeness (QED) is 0.464. The molecule has 1 aliphatic carbocycles. The molecule has 0 radical (unpaired) electrons. The molecular weight excluding hydrogens is 406 g/mol. The number of hydrogen-bond acceptors (Lipinski definition) is 4. The number of benzene rings is 2. The first-order chi connectivity index (χ1) is 14.0. The summed E-state index contributed by atoms with van der Waals surface area (Å²) in [6.07, 6.45) is 0. The van der Waals surface area contributed by atoms with Crippen molar-refractivity contribution in [2.45, 2.75) is 45.8 Å². The van der Waals surface area contributed by atoms with E-state index >= 15 is 0 Å². The van der Waals surface area contributed by atoms with E-state index in [4.69, 9.17) is 0 Å². The first kappa shape index (κ1) is 20.6. The van der Waals surface area contributed by atoms with Crippen LogP contribution in [0.15, 0.2) is 42.5 Å². The fourth-order valence-electron chi connectivity index (χ4n) is 4.09. The summed E-state index contributed by atoms with van der Waals surface area (Å²) in [6, 6.07) is 12.6. The number of carbonyl (C=O) groups excluding carboxylic acids is 2. The molecule has 0 N–H and O–H groups in total. The molecule has 30 heavy (non-hydrogen) atoms. The number of hydrogen-bond donors (Lipinski definition) is 0. The monoisotopic (exact) mass is 433 g/mol. The Morgan fingerprint density at radius 1 is 0.767 bits per heavy atom. The molecule has 0 amide bonds. The van der Waals surface area contributed by atoms with Crippen LogP contribution in [0.1, 0.15) is 37.4 Å². The van der Waals surface area contributed by atoms with Crippen LogP contribution in [-0.2, 0) is 6.54 Å². The van der Waals surface area contributed by atoms with E-state index in [1.165, 1.54) is 10.6 Å². The molecule has 1 aliphatic rings. The number of carbonyl (C=O) groups is 2. The van der Waals surface area contributed by atoms with Crippen LogP contribution in [0, 0.1) is 0 Å². The molecule has 0 saturated heterocycles. The first-order valence-corrected chi connectivity index (χ1v) is 17.2. The number of ketones is 2. The van der Waals surface area contributed by atoms with E-state index < -0.39 is 16.1 Å². The summed E-state index contributed by atoms with van der Waals surface area (Å²) in [5.41, 5.74) is 2.89. The fourth-order valence-corrected chi connectivity index (χ4v) is 9.18. The predicted molar refractivity (Wildman–Crippen MR) is 125 cm³/mol. The topological polar surface area (TPSA) is 64.8 Å². The Morgan fingerprint density at radius 3 is 1.90 bits per heavy atom. The van der Waals surface area contributed by atoms with Crippen molar-refractivity contribution < 1.29 is 9.59 Å². The van der Waals surface area contributed by atoms with Crippen molar-refractivity contribution in [3.63, 3.8) is 0 Å². The summed E-state index contributed by atoms with van der Waals surface area (Å²) in [5.74, 6) is -0.176. The summed E-state index contributed by atoms with van der Waals surface area (Å²) >= 11 is 0. The van der Waals surface area contributed by atoms with E-state index in [1.807, 2.05) is 16.8 Å². The maximum atomic E-state index is 13.0. The molecule has 4 rings (SSSR count). The molecule has 0 bridgehead atoms. The van der Waals surface area contributed by atoms with Crippen LogP contribution in [-0.4, -0.2) is 42.7 Å². The third kappa shape index (κ3) is 3.42. The standard InChI is InChI=1S/C23H27N3O2Si2/c1-29(2,3)22-23(30(4,5)6)26(25-24-22)14-15-11-12-18-19(13-15)21(28)17-10-8-7-9-16(17)20(18)27/h7-13H,14H2,1-6H3. The molecule has 0 aliphatic heterocycles. The summed E-state index contributed by atoms with van der Waals surface area (Å²) < 4.78 is 2.02. The largest absolute Gasteiger partial charge is 0.289 e. The van der Waals surface area contributed by atoms with Crippen molar-refractivity contribution in [3.8, 4) is 0 Å². The van der Waals surface area contributed by atoms with Gasteiger partial charge < -0.3 is 0 Å². The highest BCUT2D eigenvalue weighted by atomic mass is 28.3. The Bertz CT molecular complexity index is 1180. The lowest BCUT2D eigenvalue weighted by Gasteiger charge is -2.24. The van der Waals surface area contributed by atoms with Gasteiger partial charge in [-0.05, 0) is 17.7 Å². The van der Waals surface area contributed by atoms with Crippen molar-refractivity contribution >= 4 is 38.3 Å². The van der Waals surface area contributed by atoms with Gasteiger partial charge in [-0.25, -0.2) is 4.68 Å². The van der Waals surface area contributed by atoms with Gasteiger partial charge in [-0.3, -0.25) is 9.59 Å². The summed E-state index contributed by atoms with van der Waals surface area (Å²) in [4.78, 5) is 25.9. The van der Waals surface area contributed by atoms with Crippen LogP contribution in [0.25, 0.3) is 0 Å². The van der Waals surface area contributed by atoms with Crippen LogP contribution in [0.5, 0.6) is 0 Å². The predicted octanol–water partition coefficient (Wildman–Crippen LogP) is 3.19. The zero-order valence-electron chi connectivity index (χ0n) is 18.4. The molecule has 154 valence electrons. The maximum absolute atomic E-state index is 13.0. The first-order valence-electron chi connectivity index (χ1n) is 10.2. The molecule has 1 aromatic heterocycles. The normalized spacial score (nSPS) is 13.9. The van der Waals surface area contributed by atoms with E-state index in [1.54, 1.807) is 30.3 Å².